The fourth-order valence-corrected chi connectivity index (χ4v) is 3.50. The first-order valence-electron chi connectivity index (χ1n) is 10.00. The maximum atomic E-state index is 12.4. The van der Waals surface area contributed by atoms with Crippen molar-refractivity contribution in [2.45, 2.75) is 32.0 Å². The number of rotatable bonds is 9. The SMILES string of the molecule is CC(=O)c1cc(-c2ccccc2)n(/C=C/[C@@H](O)C[C@@H](O)CC(=O)O)c1-c1ccccc1. The summed E-state index contributed by atoms with van der Waals surface area (Å²) in [5.74, 6) is -1.21. The van der Waals surface area contributed by atoms with E-state index in [0.29, 0.717) is 11.3 Å². The molecule has 0 aliphatic rings. The lowest BCUT2D eigenvalue weighted by Crippen LogP contribution is -2.19. The number of benzene rings is 2. The number of aliphatic hydroxyl groups excluding tert-OH is 2. The Morgan fingerprint density at radius 3 is 2.10 bits per heavy atom. The zero-order valence-electron chi connectivity index (χ0n) is 17.2. The number of aliphatic carboxylic acids is 1. The fraction of sp³-hybridized carbons (Fsp3) is 0.200. The molecule has 0 bridgehead atoms. The molecule has 0 aliphatic carbocycles. The molecule has 2 atom stereocenters. The van der Waals surface area contributed by atoms with Crippen LogP contribution in [0.5, 0.6) is 0 Å². The third-order valence-electron chi connectivity index (χ3n) is 4.91. The predicted octanol–water partition coefficient (Wildman–Crippen LogP) is 4.08. The minimum absolute atomic E-state index is 0.0828. The van der Waals surface area contributed by atoms with Gasteiger partial charge in [0.1, 0.15) is 0 Å². The molecule has 0 fully saturated rings. The third-order valence-corrected chi connectivity index (χ3v) is 4.91. The van der Waals surface area contributed by atoms with Crippen LogP contribution in [0.4, 0.5) is 0 Å². The number of carboxylic acid groups (broad SMARTS) is 1. The summed E-state index contributed by atoms with van der Waals surface area (Å²) < 4.78 is 1.84. The summed E-state index contributed by atoms with van der Waals surface area (Å²) in [4.78, 5) is 23.2. The van der Waals surface area contributed by atoms with Crippen molar-refractivity contribution < 1.29 is 24.9 Å². The van der Waals surface area contributed by atoms with E-state index in [1.807, 2.05) is 71.3 Å². The van der Waals surface area contributed by atoms with Crippen LogP contribution in [0, 0.1) is 0 Å². The van der Waals surface area contributed by atoms with Gasteiger partial charge in [-0.25, -0.2) is 0 Å². The van der Waals surface area contributed by atoms with Gasteiger partial charge in [-0.2, -0.15) is 0 Å². The molecule has 160 valence electrons. The van der Waals surface area contributed by atoms with Crippen LogP contribution in [0.3, 0.4) is 0 Å². The topological polar surface area (TPSA) is 99.8 Å². The van der Waals surface area contributed by atoms with E-state index in [-0.39, 0.29) is 12.2 Å². The second-order valence-electron chi connectivity index (χ2n) is 7.35. The summed E-state index contributed by atoms with van der Waals surface area (Å²) in [6, 6.07) is 20.9. The molecular weight excluding hydrogens is 394 g/mol. The van der Waals surface area contributed by atoms with Gasteiger partial charge in [-0.15, -0.1) is 0 Å². The normalized spacial score (nSPS) is 13.3. The fourth-order valence-electron chi connectivity index (χ4n) is 3.50. The Morgan fingerprint density at radius 1 is 0.968 bits per heavy atom. The highest BCUT2D eigenvalue weighted by molar-refractivity contribution is 6.02. The average Bonchev–Trinajstić information content (AvgIpc) is 3.12. The molecule has 1 aromatic heterocycles. The number of nitrogens with zero attached hydrogens (tertiary/aromatic N) is 1. The van der Waals surface area contributed by atoms with E-state index in [1.54, 1.807) is 6.20 Å². The molecule has 31 heavy (non-hydrogen) atoms. The van der Waals surface area contributed by atoms with Gasteiger partial charge < -0.3 is 19.9 Å². The van der Waals surface area contributed by atoms with Crippen LogP contribution in [0.1, 0.15) is 30.1 Å². The van der Waals surface area contributed by atoms with Crippen LogP contribution in [0.2, 0.25) is 0 Å². The van der Waals surface area contributed by atoms with Gasteiger partial charge in [0.05, 0.1) is 30.0 Å². The molecular formula is C25H25NO5. The van der Waals surface area contributed by atoms with Crippen LogP contribution < -0.4 is 0 Å². The standard InChI is InChI=1S/C25H25NO5/c1-17(27)22-16-23(18-8-4-2-5-9-18)26(25(22)19-10-6-3-7-11-19)13-12-20(28)14-21(29)15-24(30)31/h2-13,16,20-21,28-29H,14-15H2,1H3,(H,30,31)/b13-12+/t20-,21-/m1/s1. The van der Waals surface area contributed by atoms with E-state index in [4.69, 9.17) is 5.11 Å². The number of carbonyl (C=O) groups is 2. The summed E-state index contributed by atoms with van der Waals surface area (Å²) in [5, 5.41) is 28.9. The first kappa shape index (κ1) is 22.2. The molecule has 2 aromatic carbocycles. The smallest absolute Gasteiger partial charge is 0.305 e. The number of ketones is 1. The number of aromatic nitrogens is 1. The Kier molecular flexibility index (Phi) is 7.18. The molecule has 3 aromatic rings. The Hall–Kier alpha value is -3.48. The average molecular weight is 419 g/mol. The number of hydrogen-bond acceptors (Lipinski definition) is 4. The van der Waals surface area contributed by atoms with E-state index in [0.717, 1.165) is 16.8 Å². The van der Waals surface area contributed by atoms with Crippen molar-refractivity contribution in [3.05, 3.63) is 78.4 Å². The molecule has 0 amide bonds. The minimum atomic E-state index is -1.16. The molecule has 3 N–H and O–H groups in total. The molecule has 6 nitrogen and oxygen atoms in total. The molecule has 3 rings (SSSR count). The maximum absolute atomic E-state index is 12.4. The van der Waals surface area contributed by atoms with Crippen molar-refractivity contribution >= 4 is 18.0 Å². The highest BCUT2D eigenvalue weighted by Gasteiger charge is 2.20. The van der Waals surface area contributed by atoms with E-state index in [2.05, 4.69) is 0 Å². The van der Waals surface area contributed by atoms with E-state index in [9.17, 15) is 19.8 Å². The molecule has 0 radical (unpaired) electrons. The minimum Gasteiger partial charge on any atom is -0.481 e. The summed E-state index contributed by atoms with van der Waals surface area (Å²) in [7, 11) is 0. The zero-order chi connectivity index (χ0) is 22.4. The summed E-state index contributed by atoms with van der Waals surface area (Å²) in [6.07, 6.45) is 0.406. The molecule has 1 heterocycles. The Bertz CT molecular complexity index is 1070. The lowest BCUT2D eigenvalue weighted by molar-refractivity contribution is -0.139. The number of hydrogen-bond donors (Lipinski definition) is 3. The first-order valence-corrected chi connectivity index (χ1v) is 10.00. The summed E-state index contributed by atoms with van der Waals surface area (Å²) in [6.45, 7) is 1.52. The van der Waals surface area contributed by atoms with Gasteiger partial charge in [0.2, 0.25) is 0 Å². The highest BCUT2D eigenvalue weighted by atomic mass is 16.4. The Morgan fingerprint density at radius 2 is 1.55 bits per heavy atom. The van der Waals surface area contributed by atoms with Crippen molar-refractivity contribution in [2.75, 3.05) is 0 Å². The van der Waals surface area contributed by atoms with E-state index in [1.165, 1.54) is 13.0 Å². The van der Waals surface area contributed by atoms with Crippen LogP contribution in [-0.2, 0) is 4.79 Å². The van der Waals surface area contributed by atoms with Crippen LogP contribution in [0.25, 0.3) is 28.7 Å². The second kappa shape index (κ2) is 10.0. The number of carboxylic acids is 1. The van der Waals surface area contributed by atoms with Crippen LogP contribution >= 0.6 is 0 Å². The van der Waals surface area contributed by atoms with E-state index >= 15 is 0 Å². The second-order valence-corrected chi connectivity index (χ2v) is 7.35. The van der Waals surface area contributed by atoms with Crippen LogP contribution in [-0.4, -0.2) is 43.8 Å². The lowest BCUT2D eigenvalue weighted by atomic mass is 10.1. The quantitative estimate of drug-likeness (QED) is 0.454. The van der Waals surface area contributed by atoms with Crippen molar-refractivity contribution in [3.8, 4) is 22.5 Å². The van der Waals surface area contributed by atoms with Gasteiger partial charge in [0.15, 0.2) is 5.78 Å². The first-order chi connectivity index (χ1) is 14.9. The Labute approximate surface area is 180 Å². The molecule has 6 heteroatoms. The van der Waals surface area contributed by atoms with Gasteiger partial charge in [-0.05, 0) is 30.2 Å². The van der Waals surface area contributed by atoms with Gasteiger partial charge in [-0.1, -0.05) is 60.7 Å². The van der Waals surface area contributed by atoms with Crippen molar-refractivity contribution in [3.63, 3.8) is 0 Å². The zero-order valence-corrected chi connectivity index (χ0v) is 17.2. The Balaban J connectivity index is 2.08. The number of Topliss-reactive ketones (excluding diaryl/α,β-unsaturated/α-hetero) is 1. The van der Waals surface area contributed by atoms with Crippen molar-refractivity contribution in [2.24, 2.45) is 0 Å². The monoisotopic (exact) mass is 419 g/mol. The van der Waals surface area contributed by atoms with Crippen molar-refractivity contribution in [1.29, 1.82) is 0 Å². The summed E-state index contributed by atoms with van der Waals surface area (Å²) in [5.41, 5.74) is 3.77. The highest BCUT2D eigenvalue weighted by Crippen LogP contribution is 2.34. The van der Waals surface area contributed by atoms with Gasteiger partial charge in [-0.3, -0.25) is 9.59 Å². The number of aliphatic hydroxyl groups is 2. The van der Waals surface area contributed by atoms with Crippen molar-refractivity contribution in [1.82, 2.24) is 4.57 Å². The van der Waals surface area contributed by atoms with Crippen LogP contribution in [0.15, 0.2) is 72.8 Å². The molecule has 0 spiro atoms. The molecule has 0 saturated heterocycles. The van der Waals surface area contributed by atoms with Gasteiger partial charge in [0, 0.05) is 18.2 Å². The number of carbonyl (C=O) groups excluding carboxylic acids is 1. The molecule has 0 aliphatic heterocycles. The largest absolute Gasteiger partial charge is 0.481 e. The molecule has 0 unspecified atom stereocenters. The maximum Gasteiger partial charge on any atom is 0.305 e. The summed E-state index contributed by atoms with van der Waals surface area (Å²) >= 11 is 0. The molecule has 0 saturated carbocycles. The van der Waals surface area contributed by atoms with Gasteiger partial charge in [0.25, 0.3) is 0 Å². The van der Waals surface area contributed by atoms with E-state index < -0.39 is 24.6 Å². The van der Waals surface area contributed by atoms with Gasteiger partial charge >= 0.3 is 5.97 Å². The third kappa shape index (κ3) is 5.57. The lowest BCUT2D eigenvalue weighted by Gasteiger charge is -2.13. The predicted molar refractivity (Wildman–Crippen MR) is 120 cm³/mol.